The Balaban J connectivity index is 3.62. The summed E-state index contributed by atoms with van der Waals surface area (Å²) in [6.45, 7) is 11.3. The maximum atomic E-state index is 10.8. The van der Waals surface area contributed by atoms with E-state index in [4.69, 9.17) is 9.16 Å². The quantitative estimate of drug-likeness (QED) is 0.260. The number of unbranched alkanes of at least 4 members (excludes halogenated alkanes) is 1. The Morgan fingerprint density at radius 3 is 2.12 bits per heavy atom. The van der Waals surface area contributed by atoms with Crippen LogP contribution < -0.4 is 0 Å². The zero-order valence-electron chi connectivity index (χ0n) is 11.5. The molecule has 0 aromatic heterocycles. The minimum absolute atomic E-state index is 0.342. The summed E-state index contributed by atoms with van der Waals surface area (Å²) >= 11 is 0. The Morgan fingerprint density at radius 2 is 1.65 bits per heavy atom. The zero-order chi connectivity index (χ0) is 13.1. The van der Waals surface area contributed by atoms with E-state index in [1.165, 1.54) is 24.2 Å². The zero-order valence-corrected chi connectivity index (χ0v) is 12.5. The molecule has 100 valence electrons. The third kappa shape index (κ3) is 6.63. The molecule has 0 aromatic rings. The van der Waals surface area contributed by atoms with E-state index in [2.05, 4.69) is 27.4 Å². The van der Waals surface area contributed by atoms with E-state index in [0.717, 1.165) is 19.4 Å². The second kappa shape index (κ2) is 9.42. The topological polar surface area (TPSA) is 35.5 Å². The first-order valence-electron chi connectivity index (χ1n) is 6.57. The number of hydrogen-bond acceptors (Lipinski definition) is 3. The van der Waals surface area contributed by atoms with Crippen LogP contribution in [0.2, 0.25) is 18.1 Å². The van der Waals surface area contributed by atoms with E-state index in [1.54, 1.807) is 0 Å². The van der Waals surface area contributed by atoms with Gasteiger partial charge in [-0.15, -0.1) is 0 Å². The molecule has 0 bridgehead atoms. The van der Waals surface area contributed by atoms with E-state index >= 15 is 0 Å². The first-order chi connectivity index (χ1) is 8.14. The molecule has 0 fully saturated rings. The highest BCUT2D eigenvalue weighted by molar-refractivity contribution is 6.73. The van der Waals surface area contributed by atoms with Crippen molar-refractivity contribution in [3.8, 4) is 0 Å². The summed E-state index contributed by atoms with van der Waals surface area (Å²) in [7, 11) is -1.43. The van der Waals surface area contributed by atoms with Crippen LogP contribution in [0.1, 0.15) is 33.6 Å². The standard InChI is InChI=1S/C13H26O3Si/c1-5-13(14)15-11-9-10-12-16-17(6-2,7-3)8-4/h5H,1,6-12H2,2-4H3. The lowest BCUT2D eigenvalue weighted by Gasteiger charge is -2.27. The van der Waals surface area contributed by atoms with Gasteiger partial charge in [-0.2, -0.15) is 0 Å². The lowest BCUT2D eigenvalue weighted by Crippen LogP contribution is -2.36. The Morgan fingerprint density at radius 1 is 1.12 bits per heavy atom. The van der Waals surface area contributed by atoms with Gasteiger partial charge in [0.1, 0.15) is 0 Å². The second-order valence-corrected chi connectivity index (χ2v) is 8.95. The number of hydrogen-bond donors (Lipinski definition) is 0. The molecule has 0 spiro atoms. The van der Waals surface area contributed by atoms with Gasteiger partial charge in [0.05, 0.1) is 6.61 Å². The Kier molecular flexibility index (Phi) is 9.08. The second-order valence-electron chi connectivity index (χ2n) is 4.17. The summed E-state index contributed by atoms with van der Waals surface area (Å²) in [4.78, 5) is 10.8. The Labute approximate surface area is 106 Å². The highest BCUT2D eigenvalue weighted by Crippen LogP contribution is 2.21. The summed E-state index contributed by atoms with van der Waals surface area (Å²) in [5, 5.41) is 0. The van der Waals surface area contributed by atoms with Gasteiger partial charge < -0.3 is 9.16 Å². The van der Waals surface area contributed by atoms with Crippen LogP contribution in [0.5, 0.6) is 0 Å². The van der Waals surface area contributed by atoms with Gasteiger partial charge in [0.15, 0.2) is 8.32 Å². The third-order valence-corrected chi connectivity index (χ3v) is 7.97. The molecular weight excluding hydrogens is 232 g/mol. The Bertz CT molecular complexity index is 216. The fourth-order valence-corrected chi connectivity index (χ4v) is 4.47. The molecule has 17 heavy (non-hydrogen) atoms. The van der Waals surface area contributed by atoms with Gasteiger partial charge in [-0.1, -0.05) is 27.4 Å². The summed E-state index contributed by atoms with van der Waals surface area (Å²) in [6.07, 6.45) is 3.01. The molecule has 0 heterocycles. The van der Waals surface area contributed by atoms with E-state index < -0.39 is 8.32 Å². The normalized spacial score (nSPS) is 11.2. The number of carbonyl (C=O) groups excluding carboxylic acids is 1. The predicted molar refractivity (Wildman–Crippen MR) is 73.5 cm³/mol. The molecule has 0 saturated carbocycles. The van der Waals surface area contributed by atoms with Gasteiger partial charge in [0, 0.05) is 12.7 Å². The summed E-state index contributed by atoms with van der Waals surface area (Å²) < 4.78 is 11.0. The largest absolute Gasteiger partial charge is 0.463 e. The lowest BCUT2D eigenvalue weighted by molar-refractivity contribution is -0.137. The minimum Gasteiger partial charge on any atom is -0.463 e. The number of rotatable bonds is 10. The van der Waals surface area contributed by atoms with E-state index in [-0.39, 0.29) is 5.97 Å². The third-order valence-electron chi connectivity index (χ3n) is 3.29. The van der Waals surface area contributed by atoms with E-state index in [9.17, 15) is 4.79 Å². The molecule has 0 rings (SSSR count). The van der Waals surface area contributed by atoms with Crippen molar-refractivity contribution in [2.75, 3.05) is 13.2 Å². The van der Waals surface area contributed by atoms with Crippen LogP contribution in [-0.2, 0) is 14.0 Å². The molecule has 0 amide bonds. The van der Waals surface area contributed by atoms with Crippen LogP contribution in [-0.4, -0.2) is 27.5 Å². The van der Waals surface area contributed by atoms with Gasteiger partial charge in [-0.3, -0.25) is 0 Å². The molecule has 4 heteroatoms. The molecule has 0 aliphatic rings. The van der Waals surface area contributed by atoms with Crippen LogP contribution in [0.3, 0.4) is 0 Å². The Hall–Kier alpha value is -0.613. The fourth-order valence-electron chi connectivity index (χ4n) is 1.78. The van der Waals surface area contributed by atoms with Crippen LogP contribution in [0.4, 0.5) is 0 Å². The molecule has 0 aliphatic heterocycles. The van der Waals surface area contributed by atoms with Gasteiger partial charge in [0.25, 0.3) is 0 Å². The predicted octanol–water partition coefficient (Wildman–Crippen LogP) is 3.52. The minimum atomic E-state index is -1.43. The monoisotopic (exact) mass is 258 g/mol. The van der Waals surface area contributed by atoms with Gasteiger partial charge >= 0.3 is 5.97 Å². The van der Waals surface area contributed by atoms with Crippen molar-refractivity contribution in [3.63, 3.8) is 0 Å². The molecule has 0 atom stereocenters. The lowest BCUT2D eigenvalue weighted by atomic mass is 10.3. The van der Waals surface area contributed by atoms with Crippen molar-refractivity contribution in [1.29, 1.82) is 0 Å². The van der Waals surface area contributed by atoms with Gasteiger partial charge in [-0.25, -0.2) is 4.79 Å². The summed E-state index contributed by atoms with van der Waals surface area (Å²) in [5.74, 6) is -0.342. The number of carbonyl (C=O) groups is 1. The number of ether oxygens (including phenoxy) is 1. The van der Waals surface area contributed by atoms with Gasteiger partial charge in [-0.05, 0) is 31.0 Å². The molecule has 0 radical (unpaired) electrons. The SMILES string of the molecule is C=CC(=O)OCCCCO[Si](CC)(CC)CC. The van der Waals surface area contributed by atoms with Crippen molar-refractivity contribution in [3.05, 3.63) is 12.7 Å². The molecule has 0 N–H and O–H groups in total. The fraction of sp³-hybridized carbons (Fsp3) is 0.769. The first-order valence-corrected chi connectivity index (χ1v) is 9.10. The van der Waals surface area contributed by atoms with Crippen molar-refractivity contribution in [1.82, 2.24) is 0 Å². The van der Waals surface area contributed by atoms with Gasteiger partial charge in [0.2, 0.25) is 0 Å². The summed E-state index contributed by atoms with van der Waals surface area (Å²) in [5.41, 5.74) is 0. The highest BCUT2D eigenvalue weighted by Gasteiger charge is 2.27. The van der Waals surface area contributed by atoms with Crippen LogP contribution >= 0.6 is 0 Å². The molecule has 0 aliphatic carbocycles. The highest BCUT2D eigenvalue weighted by atomic mass is 28.4. The molecular formula is C13H26O3Si. The van der Waals surface area contributed by atoms with Crippen LogP contribution in [0, 0.1) is 0 Å². The average molecular weight is 258 g/mol. The van der Waals surface area contributed by atoms with Crippen molar-refractivity contribution < 1.29 is 14.0 Å². The smallest absolute Gasteiger partial charge is 0.330 e. The summed E-state index contributed by atoms with van der Waals surface area (Å²) in [6, 6.07) is 3.56. The molecule has 0 saturated heterocycles. The maximum Gasteiger partial charge on any atom is 0.330 e. The van der Waals surface area contributed by atoms with Crippen molar-refractivity contribution in [2.45, 2.75) is 51.7 Å². The first kappa shape index (κ1) is 16.4. The molecule has 0 unspecified atom stereocenters. The van der Waals surface area contributed by atoms with Crippen molar-refractivity contribution in [2.24, 2.45) is 0 Å². The van der Waals surface area contributed by atoms with E-state index in [1.807, 2.05) is 0 Å². The maximum absolute atomic E-state index is 10.8. The average Bonchev–Trinajstić information content (AvgIpc) is 2.38. The van der Waals surface area contributed by atoms with Crippen LogP contribution in [0.25, 0.3) is 0 Å². The molecule has 0 aromatic carbocycles. The molecule has 3 nitrogen and oxygen atoms in total. The number of esters is 1. The van der Waals surface area contributed by atoms with Crippen molar-refractivity contribution >= 4 is 14.3 Å². The van der Waals surface area contributed by atoms with Crippen LogP contribution in [0.15, 0.2) is 12.7 Å². The van der Waals surface area contributed by atoms with E-state index in [0.29, 0.717) is 6.61 Å².